The molecule has 3 heteroatoms. The van der Waals surface area contributed by atoms with Gasteiger partial charge in [0, 0.05) is 12.8 Å². The van der Waals surface area contributed by atoms with Crippen molar-refractivity contribution in [3.05, 3.63) is 70.8 Å². The largest absolute Gasteiger partial charge is 0.481 e. The zero-order valence-electron chi connectivity index (χ0n) is 14.9. The molecule has 0 amide bonds. The van der Waals surface area contributed by atoms with Crippen LogP contribution in [0.25, 0.3) is 0 Å². The Labute approximate surface area is 150 Å². The van der Waals surface area contributed by atoms with E-state index < -0.39 is 5.97 Å². The summed E-state index contributed by atoms with van der Waals surface area (Å²) < 4.78 is 0. The van der Waals surface area contributed by atoms with Crippen LogP contribution in [0.3, 0.4) is 0 Å². The first-order valence-corrected chi connectivity index (χ1v) is 9.22. The summed E-state index contributed by atoms with van der Waals surface area (Å²) in [6, 6.07) is 18.3. The van der Waals surface area contributed by atoms with Crippen molar-refractivity contribution in [1.29, 1.82) is 0 Å². The van der Waals surface area contributed by atoms with Crippen LogP contribution in [-0.2, 0) is 17.6 Å². The fourth-order valence-corrected chi connectivity index (χ4v) is 4.24. The SMILES string of the molecule is CC(=O)O.c1ccc2c(c1)CCc1ccccc1C2C1CCCNC1. The van der Waals surface area contributed by atoms with Gasteiger partial charge in [0.1, 0.15) is 0 Å². The average molecular weight is 337 g/mol. The number of nitrogens with one attached hydrogen (secondary N) is 1. The molecule has 0 spiro atoms. The van der Waals surface area contributed by atoms with E-state index in [1.807, 2.05) is 0 Å². The quantitative estimate of drug-likeness (QED) is 0.827. The minimum absolute atomic E-state index is 0.577. The van der Waals surface area contributed by atoms with Gasteiger partial charge in [-0.15, -0.1) is 0 Å². The van der Waals surface area contributed by atoms with E-state index in [1.165, 1.54) is 32.2 Å². The van der Waals surface area contributed by atoms with Crippen molar-refractivity contribution in [3.63, 3.8) is 0 Å². The molecule has 1 aliphatic carbocycles. The molecule has 2 aliphatic rings. The first-order valence-electron chi connectivity index (χ1n) is 9.22. The molecule has 1 fully saturated rings. The number of benzene rings is 2. The Morgan fingerprint density at radius 3 is 2.00 bits per heavy atom. The summed E-state index contributed by atoms with van der Waals surface area (Å²) >= 11 is 0. The molecular formula is C22H27NO2. The van der Waals surface area contributed by atoms with Gasteiger partial charge in [0.2, 0.25) is 0 Å². The maximum Gasteiger partial charge on any atom is 0.300 e. The molecule has 2 aromatic rings. The third-order valence-corrected chi connectivity index (χ3v) is 5.25. The molecule has 0 bridgehead atoms. The van der Waals surface area contributed by atoms with Gasteiger partial charge in [-0.05, 0) is 66.9 Å². The van der Waals surface area contributed by atoms with Crippen molar-refractivity contribution >= 4 is 5.97 Å². The van der Waals surface area contributed by atoms with Gasteiger partial charge in [-0.25, -0.2) is 0 Å². The minimum Gasteiger partial charge on any atom is -0.481 e. The summed E-state index contributed by atoms with van der Waals surface area (Å²) in [7, 11) is 0. The lowest BCUT2D eigenvalue weighted by atomic mass is 9.76. The summed E-state index contributed by atoms with van der Waals surface area (Å²) in [6.07, 6.45) is 5.03. The van der Waals surface area contributed by atoms with Crippen molar-refractivity contribution < 1.29 is 9.90 Å². The zero-order valence-corrected chi connectivity index (χ0v) is 14.9. The fourth-order valence-electron chi connectivity index (χ4n) is 4.24. The molecule has 3 nitrogen and oxygen atoms in total. The standard InChI is InChI=1S/C20H23N.C2H4O2/c1-3-9-18-15(6-1)11-12-16-7-2-4-10-19(16)20(18)17-8-5-13-21-14-17;1-2(3)4/h1-4,6-7,9-10,17,20-21H,5,8,11-14H2;1H3,(H,3,4). The summed E-state index contributed by atoms with van der Waals surface area (Å²) in [5.74, 6) is 0.479. The normalized spacial score (nSPS) is 19.6. The molecule has 2 aromatic carbocycles. The zero-order chi connectivity index (χ0) is 17.6. The highest BCUT2D eigenvalue weighted by Crippen LogP contribution is 2.41. The van der Waals surface area contributed by atoms with Crippen LogP contribution in [0, 0.1) is 5.92 Å². The highest BCUT2D eigenvalue weighted by Gasteiger charge is 2.30. The monoisotopic (exact) mass is 337 g/mol. The molecule has 0 radical (unpaired) electrons. The third kappa shape index (κ3) is 4.29. The van der Waals surface area contributed by atoms with Gasteiger partial charge in [0.25, 0.3) is 5.97 Å². The Morgan fingerprint density at radius 1 is 1.00 bits per heavy atom. The second kappa shape index (κ2) is 8.30. The van der Waals surface area contributed by atoms with Crippen molar-refractivity contribution in [2.75, 3.05) is 13.1 Å². The van der Waals surface area contributed by atoms with E-state index in [2.05, 4.69) is 53.8 Å². The second-order valence-corrected chi connectivity index (χ2v) is 7.00. The number of hydrogen-bond acceptors (Lipinski definition) is 2. The minimum atomic E-state index is -0.833. The summed E-state index contributed by atoms with van der Waals surface area (Å²) in [6.45, 7) is 3.43. The lowest BCUT2D eigenvalue weighted by molar-refractivity contribution is -0.134. The third-order valence-electron chi connectivity index (χ3n) is 5.25. The van der Waals surface area contributed by atoms with Crippen LogP contribution in [0.4, 0.5) is 0 Å². The Kier molecular flexibility index (Phi) is 5.87. The highest BCUT2D eigenvalue weighted by atomic mass is 16.4. The van der Waals surface area contributed by atoms with E-state index in [4.69, 9.17) is 9.90 Å². The van der Waals surface area contributed by atoms with Crippen LogP contribution in [0.1, 0.15) is 47.9 Å². The number of carboxylic acid groups (broad SMARTS) is 1. The van der Waals surface area contributed by atoms with E-state index >= 15 is 0 Å². The average Bonchev–Trinajstić information content (AvgIpc) is 2.79. The maximum atomic E-state index is 9.00. The van der Waals surface area contributed by atoms with Crippen molar-refractivity contribution in [1.82, 2.24) is 5.32 Å². The van der Waals surface area contributed by atoms with Gasteiger partial charge in [0.05, 0.1) is 0 Å². The smallest absolute Gasteiger partial charge is 0.300 e. The predicted molar refractivity (Wildman–Crippen MR) is 101 cm³/mol. The fraction of sp³-hybridized carbons (Fsp3) is 0.409. The topological polar surface area (TPSA) is 49.3 Å². The summed E-state index contributed by atoms with van der Waals surface area (Å²) in [4.78, 5) is 9.00. The van der Waals surface area contributed by atoms with E-state index in [-0.39, 0.29) is 0 Å². The Bertz CT molecular complexity index is 668. The highest BCUT2D eigenvalue weighted by molar-refractivity contribution is 5.62. The summed E-state index contributed by atoms with van der Waals surface area (Å²) in [5.41, 5.74) is 6.28. The van der Waals surface area contributed by atoms with Crippen LogP contribution in [0.15, 0.2) is 48.5 Å². The maximum absolute atomic E-state index is 9.00. The van der Waals surface area contributed by atoms with Gasteiger partial charge in [-0.2, -0.15) is 0 Å². The van der Waals surface area contributed by atoms with E-state index in [9.17, 15) is 0 Å². The molecule has 1 atom stereocenters. The second-order valence-electron chi connectivity index (χ2n) is 7.00. The number of piperidine rings is 1. The van der Waals surface area contributed by atoms with Crippen molar-refractivity contribution in [2.45, 2.75) is 38.5 Å². The molecule has 4 rings (SSSR count). The molecule has 1 heterocycles. The van der Waals surface area contributed by atoms with Crippen molar-refractivity contribution in [3.8, 4) is 0 Å². The molecule has 0 aromatic heterocycles. The first-order chi connectivity index (χ1) is 12.2. The van der Waals surface area contributed by atoms with Gasteiger partial charge >= 0.3 is 0 Å². The van der Waals surface area contributed by atoms with Crippen molar-refractivity contribution in [2.24, 2.45) is 5.92 Å². The van der Waals surface area contributed by atoms with Crippen LogP contribution < -0.4 is 5.32 Å². The van der Waals surface area contributed by atoms with Crippen LogP contribution in [-0.4, -0.2) is 24.2 Å². The summed E-state index contributed by atoms with van der Waals surface area (Å²) in [5, 5.41) is 11.0. The Balaban J connectivity index is 0.000000415. The molecular weight excluding hydrogens is 310 g/mol. The lowest BCUT2D eigenvalue weighted by Gasteiger charge is -2.32. The molecule has 1 unspecified atom stereocenters. The number of hydrogen-bond donors (Lipinski definition) is 2. The lowest BCUT2D eigenvalue weighted by Crippen LogP contribution is -2.34. The van der Waals surface area contributed by atoms with Crippen LogP contribution in [0.5, 0.6) is 0 Å². The Morgan fingerprint density at radius 2 is 1.52 bits per heavy atom. The molecule has 2 N–H and O–H groups in total. The molecule has 1 aliphatic heterocycles. The molecule has 25 heavy (non-hydrogen) atoms. The Hall–Kier alpha value is -2.13. The molecule has 132 valence electrons. The molecule has 0 saturated carbocycles. The van der Waals surface area contributed by atoms with E-state index in [0.717, 1.165) is 19.4 Å². The number of fused-ring (bicyclic) bond motifs is 2. The van der Waals surface area contributed by atoms with Crippen LogP contribution in [0.2, 0.25) is 0 Å². The number of rotatable bonds is 1. The van der Waals surface area contributed by atoms with E-state index in [0.29, 0.717) is 5.92 Å². The van der Waals surface area contributed by atoms with Gasteiger partial charge in [-0.1, -0.05) is 48.5 Å². The van der Waals surface area contributed by atoms with Gasteiger partial charge in [-0.3, -0.25) is 4.79 Å². The number of carboxylic acids is 1. The first kappa shape index (κ1) is 17.7. The number of aliphatic carboxylic acids is 1. The van der Waals surface area contributed by atoms with Gasteiger partial charge in [0.15, 0.2) is 0 Å². The van der Waals surface area contributed by atoms with Crippen LogP contribution >= 0.6 is 0 Å². The predicted octanol–water partition coefficient (Wildman–Crippen LogP) is 4.01. The number of aryl methyl sites for hydroxylation is 2. The van der Waals surface area contributed by atoms with Gasteiger partial charge < -0.3 is 10.4 Å². The van der Waals surface area contributed by atoms with E-state index in [1.54, 1.807) is 22.3 Å². The number of carbonyl (C=O) groups is 1. The molecule has 1 saturated heterocycles.